The van der Waals surface area contributed by atoms with E-state index in [1.165, 1.54) is 21.5 Å². The largest absolute Gasteiger partial charge is 0.398 e. The van der Waals surface area contributed by atoms with Crippen LogP contribution in [0.1, 0.15) is 68.2 Å². The lowest BCUT2D eigenvalue weighted by Crippen LogP contribution is -2.46. The first-order chi connectivity index (χ1) is 10.5. The highest BCUT2D eigenvalue weighted by molar-refractivity contribution is 6.82. The van der Waals surface area contributed by atoms with Gasteiger partial charge in [-0.3, -0.25) is 0 Å². The van der Waals surface area contributed by atoms with E-state index in [1.807, 2.05) is 14.2 Å². The zero-order valence-corrected chi connectivity index (χ0v) is 17.9. The van der Waals surface area contributed by atoms with Crippen LogP contribution >= 0.6 is 0 Å². The molecule has 2 rings (SSSR count). The van der Waals surface area contributed by atoms with Crippen LogP contribution in [-0.2, 0) is 8.85 Å². The second-order valence-corrected chi connectivity index (χ2v) is 12.1. The quantitative estimate of drug-likeness (QED) is 0.625. The first kappa shape index (κ1) is 18.9. The standard InChI is InChI=1S/C20H36O2Si/c1-13-11-17(15(3)19(13,5)6)23(21-9,22-10)18-12-14(2)20(7,8)16(18)4/h13-14H,11-12H2,1-10H3. The number of allylic oxidation sites excluding steroid dienone is 4. The fraction of sp³-hybridized carbons (Fsp3) is 0.800. The molecule has 2 unspecified atom stereocenters. The SMILES string of the molecule is CO[Si](OC)(C1=C(C)C(C)(C)C(C)C1)C1=C(C)C(C)(C)C(C)C1. The van der Waals surface area contributed by atoms with E-state index in [9.17, 15) is 0 Å². The first-order valence-corrected chi connectivity index (χ1v) is 10.8. The molecule has 0 aliphatic heterocycles. The summed E-state index contributed by atoms with van der Waals surface area (Å²) in [4.78, 5) is 0. The van der Waals surface area contributed by atoms with Crippen molar-refractivity contribution in [3.05, 3.63) is 21.5 Å². The third kappa shape index (κ3) is 2.51. The van der Waals surface area contributed by atoms with E-state index in [2.05, 4.69) is 55.4 Å². The van der Waals surface area contributed by atoms with Gasteiger partial charge in [0.05, 0.1) is 0 Å². The molecular formula is C20H36O2Si. The predicted molar refractivity (Wildman–Crippen MR) is 100 cm³/mol. The molecular weight excluding hydrogens is 300 g/mol. The van der Waals surface area contributed by atoms with Crippen molar-refractivity contribution in [2.24, 2.45) is 22.7 Å². The van der Waals surface area contributed by atoms with Gasteiger partial charge in [0.2, 0.25) is 0 Å². The van der Waals surface area contributed by atoms with E-state index in [-0.39, 0.29) is 10.8 Å². The minimum atomic E-state index is -2.51. The van der Waals surface area contributed by atoms with Crippen LogP contribution in [0.25, 0.3) is 0 Å². The molecule has 0 saturated heterocycles. The topological polar surface area (TPSA) is 18.5 Å². The molecule has 2 aliphatic rings. The summed E-state index contributed by atoms with van der Waals surface area (Å²) in [5.41, 5.74) is 3.47. The van der Waals surface area contributed by atoms with Gasteiger partial charge >= 0.3 is 8.56 Å². The summed E-state index contributed by atoms with van der Waals surface area (Å²) in [5.74, 6) is 1.28. The second-order valence-electron chi connectivity index (χ2n) is 8.89. The Kier molecular flexibility index (Phi) is 4.82. The lowest BCUT2D eigenvalue weighted by molar-refractivity contribution is 0.257. The lowest BCUT2D eigenvalue weighted by atomic mass is 9.79. The van der Waals surface area contributed by atoms with Crippen molar-refractivity contribution >= 4 is 8.56 Å². The lowest BCUT2D eigenvalue weighted by Gasteiger charge is -2.33. The van der Waals surface area contributed by atoms with Gasteiger partial charge in [0.25, 0.3) is 0 Å². The summed E-state index contributed by atoms with van der Waals surface area (Å²) >= 11 is 0. The van der Waals surface area contributed by atoms with Crippen molar-refractivity contribution in [2.45, 2.75) is 68.2 Å². The van der Waals surface area contributed by atoms with Crippen LogP contribution in [0.2, 0.25) is 0 Å². The van der Waals surface area contributed by atoms with Crippen molar-refractivity contribution in [2.75, 3.05) is 14.2 Å². The zero-order chi connectivity index (χ0) is 17.8. The maximum Gasteiger partial charge on any atom is 0.398 e. The fourth-order valence-corrected chi connectivity index (χ4v) is 8.76. The summed E-state index contributed by atoms with van der Waals surface area (Å²) in [6.07, 6.45) is 2.22. The summed E-state index contributed by atoms with van der Waals surface area (Å²) < 4.78 is 12.6. The molecule has 2 nitrogen and oxygen atoms in total. The van der Waals surface area contributed by atoms with Crippen molar-refractivity contribution < 1.29 is 8.85 Å². The summed E-state index contributed by atoms with van der Waals surface area (Å²) in [7, 11) is 1.22. The summed E-state index contributed by atoms with van der Waals surface area (Å²) in [5, 5.41) is 2.97. The van der Waals surface area contributed by atoms with E-state index in [0.717, 1.165) is 12.8 Å². The van der Waals surface area contributed by atoms with Crippen LogP contribution in [0.5, 0.6) is 0 Å². The third-order valence-electron chi connectivity index (χ3n) is 7.69. The summed E-state index contributed by atoms with van der Waals surface area (Å²) in [6.45, 7) is 18.8. The van der Waals surface area contributed by atoms with Gasteiger partial charge in [0.15, 0.2) is 0 Å². The molecule has 3 heteroatoms. The molecule has 0 N–H and O–H groups in total. The van der Waals surface area contributed by atoms with Crippen LogP contribution in [-0.4, -0.2) is 22.8 Å². The van der Waals surface area contributed by atoms with Gasteiger partial charge < -0.3 is 8.85 Å². The molecule has 2 aliphatic carbocycles. The maximum atomic E-state index is 6.28. The second kappa shape index (κ2) is 5.85. The normalized spacial score (nSPS) is 30.5. The van der Waals surface area contributed by atoms with Gasteiger partial charge in [-0.2, -0.15) is 0 Å². The first-order valence-electron chi connectivity index (χ1n) is 8.98. The van der Waals surface area contributed by atoms with Crippen molar-refractivity contribution in [1.82, 2.24) is 0 Å². The van der Waals surface area contributed by atoms with E-state index in [0.29, 0.717) is 11.8 Å². The van der Waals surface area contributed by atoms with Crippen LogP contribution in [0.4, 0.5) is 0 Å². The molecule has 2 atom stereocenters. The smallest absolute Gasteiger partial charge is 0.391 e. The Balaban J connectivity index is 2.64. The molecule has 0 aromatic carbocycles. The monoisotopic (exact) mass is 336 g/mol. The van der Waals surface area contributed by atoms with Crippen LogP contribution in [0, 0.1) is 22.7 Å². The molecule has 0 radical (unpaired) electrons. The highest BCUT2D eigenvalue weighted by Gasteiger charge is 2.55. The maximum absolute atomic E-state index is 6.28. The highest BCUT2D eigenvalue weighted by atomic mass is 28.4. The van der Waals surface area contributed by atoms with Crippen LogP contribution < -0.4 is 0 Å². The number of hydrogen-bond donors (Lipinski definition) is 0. The van der Waals surface area contributed by atoms with Crippen molar-refractivity contribution in [3.63, 3.8) is 0 Å². The number of hydrogen-bond acceptors (Lipinski definition) is 2. The van der Waals surface area contributed by atoms with E-state index in [4.69, 9.17) is 8.85 Å². The molecule has 0 bridgehead atoms. The molecule has 0 aromatic heterocycles. The minimum absolute atomic E-state index is 0.235. The molecule has 132 valence electrons. The molecule has 0 amide bonds. The highest BCUT2D eigenvalue weighted by Crippen LogP contribution is 2.55. The van der Waals surface area contributed by atoms with Gasteiger partial charge in [-0.15, -0.1) is 0 Å². The third-order valence-corrected chi connectivity index (χ3v) is 11.6. The van der Waals surface area contributed by atoms with E-state index < -0.39 is 8.56 Å². The van der Waals surface area contributed by atoms with Crippen molar-refractivity contribution in [3.8, 4) is 0 Å². The minimum Gasteiger partial charge on any atom is -0.391 e. The Hall–Kier alpha value is -0.383. The van der Waals surface area contributed by atoms with Gasteiger partial charge in [0.1, 0.15) is 0 Å². The Morgan fingerprint density at radius 1 is 0.783 bits per heavy atom. The Morgan fingerprint density at radius 3 is 1.26 bits per heavy atom. The van der Waals surface area contributed by atoms with Gasteiger partial charge in [-0.1, -0.05) is 52.7 Å². The predicted octanol–water partition coefficient (Wildman–Crippen LogP) is 5.56. The molecule has 23 heavy (non-hydrogen) atoms. The Labute approximate surface area is 144 Å². The van der Waals surface area contributed by atoms with E-state index in [1.54, 1.807) is 0 Å². The van der Waals surface area contributed by atoms with Crippen LogP contribution in [0.15, 0.2) is 21.5 Å². The molecule has 0 fully saturated rings. The molecule has 0 spiro atoms. The molecule has 0 aromatic rings. The van der Waals surface area contributed by atoms with Crippen molar-refractivity contribution in [1.29, 1.82) is 0 Å². The van der Waals surface area contributed by atoms with Crippen LogP contribution in [0.3, 0.4) is 0 Å². The Morgan fingerprint density at radius 2 is 1.09 bits per heavy atom. The average molecular weight is 337 g/mol. The molecule has 0 saturated carbocycles. The molecule has 0 heterocycles. The zero-order valence-electron chi connectivity index (χ0n) is 16.9. The number of rotatable bonds is 4. The van der Waals surface area contributed by atoms with Gasteiger partial charge in [-0.05, 0) is 59.7 Å². The average Bonchev–Trinajstić information content (AvgIpc) is 2.82. The Bertz CT molecular complexity index is 504. The fourth-order valence-electron chi connectivity index (χ4n) is 4.47. The summed E-state index contributed by atoms with van der Waals surface area (Å²) in [6, 6.07) is 0. The van der Waals surface area contributed by atoms with Gasteiger partial charge in [0, 0.05) is 14.2 Å². The van der Waals surface area contributed by atoms with E-state index >= 15 is 0 Å². The van der Waals surface area contributed by atoms with Gasteiger partial charge in [-0.25, -0.2) is 0 Å².